The van der Waals surface area contributed by atoms with E-state index in [-0.39, 0.29) is 17.2 Å². The average Bonchev–Trinajstić information content (AvgIpc) is 2.33. The Hall–Kier alpha value is -2.24. The van der Waals surface area contributed by atoms with E-state index in [1.165, 1.54) is 18.3 Å². The maximum Gasteiger partial charge on any atom is 0.420 e. The smallest absolute Gasteiger partial charge is 0.420 e. The molecule has 0 saturated heterocycles. The van der Waals surface area contributed by atoms with E-state index >= 15 is 0 Å². The van der Waals surface area contributed by atoms with Gasteiger partial charge in [0.2, 0.25) is 0 Å². The van der Waals surface area contributed by atoms with Gasteiger partial charge >= 0.3 is 6.18 Å². The summed E-state index contributed by atoms with van der Waals surface area (Å²) in [5.41, 5.74) is 5.01. The number of ether oxygens (including phenoxy) is 1. The number of aromatic nitrogens is 1. The van der Waals surface area contributed by atoms with Crippen LogP contribution in [-0.2, 0) is 6.18 Å². The third-order valence-corrected chi connectivity index (χ3v) is 2.49. The highest BCUT2D eigenvalue weighted by molar-refractivity contribution is 5.50. The third-order valence-electron chi connectivity index (χ3n) is 2.49. The monoisotopic (exact) mass is 268 g/mol. The average molecular weight is 268 g/mol. The first-order valence-corrected chi connectivity index (χ1v) is 5.44. The first kappa shape index (κ1) is 13.2. The van der Waals surface area contributed by atoms with Crippen LogP contribution < -0.4 is 10.5 Å². The summed E-state index contributed by atoms with van der Waals surface area (Å²) in [7, 11) is 0. The van der Waals surface area contributed by atoms with Crippen LogP contribution in [0, 0.1) is 6.92 Å². The summed E-state index contributed by atoms with van der Waals surface area (Å²) in [4.78, 5) is 3.95. The number of pyridine rings is 1. The molecule has 19 heavy (non-hydrogen) atoms. The number of alkyl halides is 3. The Balaban J connectivity index is 2.44. The number of nitrogens with two attached hydrogens (primary N) is 1. The number of benzene rings is 1. The van der Waals surface area contributed by atoms with Gasteiger partial charge in [-0.05, 0) is 37.3 Å². The number of hydrogen-bond donors (Lipinski definition) is 1. The van der Waals surface area contributed by atoms with Gasteiger partial charge in [-0.3, -0.25) is 4.98 Å². The Morgan fingerprint density at radius 1 is 1.16 bits per heavy atom. The van der Waals surface area contributed by atoms with Crippen LogP contribution in [-0.4, -0.2) is 4.98 Å². The summed E-state index contributed by atoms with van der Waals surface area (Å²) < 4.78 is 43.9. The van der Waals surface area contributed by atoms with Gasteiger partial charge in [0.25, 0.3) is 0 Å². The summed E-state index contributed by atoms with van der Waals surface area (Å²) in [5, 5.41) is 0. The fraction of sp³-hybridized carbons (Fsp3) is 0.154. The molecule has 0 aliphatic rings. The molecule has 0 unspecified atom stereocenters. The molecule has 0 saturated carbocycles. The maximum atomic E-state index is 12.9. The van der Waals surface area contributed by atoms with Gasteiger partial charge < -0.3 is 10.5 Å². The van der Waals surface area contributed by atoms with E-state index in [1.54, 1.807) is 19.1 Å². The van der Waals surface area contributed by atoms with Gasteiger partial charge in [0.05, 0.1) is 5.69 Å². The zero-order valence-corrected chi connectivity index (χ0v) is 10.0. The molecule has 2 aromatic rings. The minimum atomic E-state index is -4.53. The van der Waals surface area contributed by atoms with E-state index in [0.717, 1.165) is 6.07 Å². The molecule has 0 aliphatic carbocycles. The Bertz CT molecular complexity index is 597. The van der Waals surface area contributed by atoms with Crippen molar-refractivity contribution in [2.24, 2.45) is 0 Å². The molecule has 3 nitrogen and oxygen atoms in total. The van der Waals surface area contributed by atoms with E-state index in [4.69, 9.17) is 10.5 Å². The lowest BCUT2D eigenvalue weighted by molar-refractivity contribution is -0.138. The van der Waals surface area contributed by atoms with Gasteiger partial charge in [-0.25, -0.2) is 0 Å². The third kappa shape index (κ3) is 2.96. The Morgan fingerprint density at radius 2 is 1.89 bits per heavy atom. The van der Waals surface area contributed by atoms with Crippen LogP contribution in [0.2, 0.25) is 0 Å². The summed E-state index contributed by atoms with van der Waals surface area (Å²) in [6.07, 6.45) is -2.99. The molecule has 0 bridgehead atoms. The number of aryl methyl sites for hydroxylation is 1. The van der Waals surface area contributed by atoms with Crippen molar-refractivity contribution in [1.82, 2.24) is 4.98 Å². The predicted molar refractivity (Wildman–Crippen MR) is 64.9 cm³/mol. The summed E-state index contributed by atoms with van der Waals surface area (Å²) in [6, 6.07) is 6.55. The van der Waals surface area contributed by atoms with Gasteiger partial charge in [-0.15, -0.1) is 0 Å². The van der Waals surface area contributed by atoms with Crippen molar-refractivity contribution in [3.63, 3.8) is 0 Å². The molecule has 100 valence electrons. The fourth-order valence-electron chi connectivity index (χ4n) is 1.55. The standard InChI is InChI=1S/C13H11F3N2O/c1-8-11(3-2-6-18-8)19-12-5-4-9(17)7-10(12)13(14,15)16/h2-7H,17H2,1H3. The molecule has 6 heteroatoms. The van der Waals surface area contributed by atoms with Crippen molar-refractivity contribution >= 4 is 5.69 Å². The molecule has 0 fully saturated rings. The Morgan fingerprint density at radius 3 is 2.53 bits per heavy atom. The lowest BCUT2D eigenvalue weighted by atomic mass is 10.1. The van der Waals surface area contributed by atoms with E-state index in [2.05, 4.69) is 4.98 Å². The fourth-order valence-corrected chi connectivity index (χ4v) is 1.55. The van der Waals surface area contributed by atoms with Crippen LogP contribution in [0.15, 0.2) is 36.5 Å². The van der Waals surface area contributed by atoms with Crippen molar-refractivity contribution in [2.45, 2.75) is 13.1 Å². The number of halogens is 3. The zero-order chi connectivity index (χ0) is 14.0. The normalized spacial score (nSPS) is 11.4. The van der Waals surface area contributed by atoms with Crippen LogP contribution >= 0.6 is 0 Å². The second kappa shape index (κ2) is 4.79. The highest BCUT2D eigenvalue weighted by atomic mass is 19.4. The predicted octanol–water partition coefficient (Wildman–Crippen LogP) is 3.78. The number of anilines is 1. The lowest BCUT2D eigenvalue weighted by Gasteiger charge is -2.15. The van der Waals surface area contributed by atoms with E-state index in [0.29, 0.717) is 5.69 Å². The molecular formula is C13H11F3N2O. The minimum absolute atomic E-state index is 0.0302. The second-order valence-electron chi connectivity index (χ2n) is 3.94. The molecule has 1 heterocycles. The molecule has 1 aromatic carbocycles. The molecule has 2 N–H and O–H groups in total. The zero-order valence-electron chi connectivity index (χ0n) is 10.0. The minimum Gasteiger partial charge on any atom is -0.455 e. The maximum absolute atomic E-state index is 12.9. The molecule has 1 aromatic heterocycles. The number of hydrogen-bond acceptors (Lipinski definition) is 3. The highest BCUT2D eigenvalue weighted by Gasteiger charge is 2.34. The van der Waals surface area contributed by atoms with Crippen molar-refractivity contribution in [2.75, 3.05) is 5.73 Å². The second-order valence-corrected chi connectivity index (χ2v) is 3.94. The molecule has 0 aliphatic heterocycles. The van der Waals surface area contributed by atoms with Crippen molar-refractivity contribution in [1.29, 1.82) is 0 Å². The largest absolute Gasteiger partial charge is 0.455 e. The highest BCUT2D eigenvalue weighted by Crippen LogP contribution is 2.39. The van der Waals surface area contributed by atoms with Gasteiger partial charge in [0.15, 0.2) is 0 Å². The van der Waals surface area contributed by atoms with Crippen LogP contribution in [0.3, 0.4) is 0 Å². The van der Waals surface area contributed by atoms with Gasteiger partial charge in [0, 0.05) is 11.9 Å². The van der Waals surface area contributed by atoms with E-state index in [1.807, 2.05) is 0 Å². The van der Waals surface area contributed by atoms with Crippen molar-refractivity contribution < 1.29 is 17.9 Å². The Kier molecular flexibility index (Phi) is 3.33. The molecular weight excluding hydrogens is 257 g/mol. The van der Waals surface area contributed by atoms with Crippen molar-refractivity contribution in [3.05, 3.63) is 47.8 Å². The Labute approximate surface area is 107 Å². The van der Waals surface area contributed by atoms with Crippen LogP contribution in [0.4, 0.5) is 18.9 Å². The van der Waals surface area contributed by atoms with Gasteiger partial charge in [0.1, 0.15) is 17.1 Å². The number of nitrogen functional groups attached to an aromatic ring is 1. The quantitative estimate of drug-likeness (QED) is 0.843. The van der Waals surface area contributed by atoms with Crippen LogP contribution in [0.5, 0.6) is 11.5 Å². The SMILES string of the molecule is Cc1ncccc1Oc1ccc(N)cc1C(F)(F)F. The van der Waals surface area contributed by atoms with Crippen LogP contribution in [0.25, 0.3) is 0 Å². The van der Waals surface area contributed by atoms with Crippen LogP contribution in [0.1, 0.15) is 11.3 Å². The van der Waals surface area contributed by atoms with E-state index in [9.17, 15) is 13.2 Å². The molecule has 0 atom stereocenters. The van der Waals surface area contributed by atoms with E-state index < -0.39 is 11.7 Å². The molecule has 0 spiro atoms. The number of rotatable bonds is 2. The first-order chi connectivity index (χ1) is 8.88. The van der Waals surface area contributed by atoms with Gasteiger partial charge in [-0.1, -0.05) is 0 Å². The summed E-state index contributed by atoms with van der Waals surface area (Å²) in [6.45, 7) is 1.65. The topological polar surface area (TPSA) is 48.1 Å². The summed E-state index contributed by atoms with van der Waals surface area (Å²) in [5.74, 6) is -0.0180. The van der Waals surface area contributed by atoms with Gasteiger partial charge in [-0.2, -0.15) is 13.2 Å². The van der Waals surface area contributed by atoms with Crippen molar-refractivity contribution in [3.8, 4) is 11.5 Å². The number of nitrogens with zero attached hydrogens (tertiary/aromatic N) is 1. The summed E-state index contributed by atoms with van der Waals surface area (Å²) >= 11 is 0. The lowest BCUT2D eigenvalue weighted by Crippen LogP contribution is -2.08. The molecule has 0 radical (unpaired) electrons. The molecule has 2 rings (SSSR count). The first-order valence-electron chi connectivity index (χ1n) is 5.44. The molecule has 0 amide bonds.